The van der Waals surface area contributed by atoms with E-state index in [9.17, 15) is 9.59 Å². The van der Waals surface area contributed by atoms with Crippen molar-refractivity contribution in [2.75, 3.05) is 6.61 Å². The zero-order valence-corrected chi connectivity index (χ0v) is 14.7. The van der Waals surface area contributed by atoms with E-state index in [-0.39, 0.29) is 19.1 Å². The van der Waals surface area contributed by atoms with Gasteiger partial charge in [0.1, 0.15) is 12.6 Å². The first-order chi connectivity index (χ1) is 12.6. The SMILES string of the molecule is CC(CO)NC(=O)[C@H](Cc1ccccc1)NC(=O)OCc1ccccc1. The number of rotatable bonds is 8. The summed E-state index contributed by atoms with van der Waals surface area (Å²) in [6.45, 7) is 1.63. The Morgan fingerprint density at radius 1 is 0.962 bits per heavy atom. The monoisotopic (exact) mass is 356 g/mol. The van der Waals surface area contributed by atoms with Gasteiger partial charge in [0, 0.05) is 12.5 Å². The molecule has 2 atom stereocenters. The molecule has 2 aromatic carbocycles. The van der Waals surface area contributed by atoms with Gasteiger partial charge in [0.05, 0.1) is 6.61 Å². The first-order valence-electron chi connectivity index (χ1n) is 8.51. The van der Waals surface area contributed by atoms with Gasteiger partial charge in [-0.3, -0.25) is 4.79 Å². The Labute approximate surface area is 153 Å². The lowest BCUT2D eigenvalue weighted by molar-refractivity contribution is -0.123. The highest BCUT2D eigenvalue weighted by molar-refractivity contribution is 5.86. The lowest BCUT2D eigenvalue weighted by Gasteiger charge is -2.20. The molecule has 0 heterocycles. The van der Waals surface area contributed by atoms with Gasteiger partial charge in [-0.05, 0) is 18.1 Å². The van der Waals surface area contributed by atoms with E-state index in [4.69, 9.17) is 9.84 Å². The highest BCUT2D eigenvalue weighted by Gasteiger charge is 2.23. The number of aliphatic hydroxyl groups is 1. The lowest BCUT2D eigenvalue weighted by atomic mass is 10.1. The second-order valence-corrected chi connectivity index (χ2v) is 6.04. The van der Waals surface area contributed by atoms with E-state index in [1.54, 1.807) is 6.92 Å². The summed E-state index contributed by atoms with van der Waals surface area (Å²) in [7, 11) is 0. The molecule has 0 aliphatic rings. The number of carbonyl (C=O) groups excluding carboxylic acids is 2. The summed E-state index contributed by atoms with van der Waals surface area (Å²) in [6, 6.07) is 17.5. The molecule has 6 nitrogen and oxygen atoms in total. The van der Waals surface area contributed by atoms with Crippen LogP contribution >= 0.6 is 0 Å². The van der Waals surface area contributed by atoms with Crippen molar-refractivity contribution in [3.05, 3.63) is 71.8 Å². The van der Waals surface area contributed by atoms with Crippen LogP contribution in [0.15, 0.2) is 60.7 Å². The summed E-state index contributed by atoms with van der Waals surface area (Å²) in [6.07, 6.45) is -0.341. The standard InChI is InChI=1S/C20H24N2O4/c1-15(13-23)21-19(24)18(12-16-8-4-2-5-9-16)22-20(25)26-14-17-10-6-3-7-11-17/h2-11,15,18,23H,12-14H2,1H3,(H,21,24)(H,22,25)/t15?,18-/m0/s1. The van der Waals surface area contributed by atoms with E-state index in [0.29, 0.717) is 6.42 Å². The zero-order chi connectivity index (χ0) is 18.8. The minimum Gasteiger partial charge on any atom is -0.445 e. The largest absolute Gasteiger partial charge is 0.445 e. The van der Waals surface area contributed by atoms with Gasteiger partial charge < -0.3 is 20.5 Å². The average molecular weight is 356 g/mol. The Morgan fingerprint density at radius 3 is 2.12 bits per heavy atom. The summed E-state index contributed by atoms with van der Waals surface area (Å²) < 4.78 is 5.20. The van der Waals surface area contributed by atoms with Gasteiger partial charge in [-0.1, -0.05) is 60.7 Å². The van der Waals surface area contributed by atoms with Crippen LogP contribution in [0.5, 0.6) is 0 Å². The molecule has 2 amide bonds. The molecule has 0 aliphatic carbocycles. The average Bonchev–Trinajstić information content (AvgIpc) is 2.67. The lowest BCUT2D eigenvalue weighted by Crippen LogP contribution is -2.50. The maximum atomic E-state index is 12.4. The third kappa shape index (κ3) is 6.57. The minimum absolute atomic E-state index is 0.124. The Bertz CT molecular complexity index is 691. The van der Waals surface area contributed by atoms with Crippen LogP contribution in [-0.4, -0.2) is 35.8 Å². The summed E-state index contributed by atoms with van der Waals surface area (Å²) in [4.78, 5) is 24.5. The molecule has 0 aromatic heterocycles. The number of benzene rings is 2. The molecule has 6 heteroatoms. The van der Waals surface area contributed by atoms with E-state index >= 15 is 0 Å². The molecule has 3 N–H and O–H groups in total. The van der Waals surface area contributed by atoms with Crippen molar-refractivity contribution in [3.63, 3.8) is 0 Å². The van der Waals surface area contributed by atoms with Crippen molar-refractivity contribution >= 4 is 12.0 Å². The Balaban J connectivity index is 1.97. The fourth-order valence-electron chi connectivity index (χ4n) is 2.36. The predicted octanol–water partition coefficient (Wildman–Crippen LogP) is 2.02. The molecule has 138 valence electrons. The molecule has 2 rings (SSSR count). The molecule has 2 aromatic rings. The van der Waals surface area contributed by atoms with Crippen LogP contribution in [-0.2, 0) is 22.6 Å². The van der Waals surface area contributed by atoms with Gasteiger partial charge in [-0.2, -0.15) is 0 Å². The fraction of sp³-hybridized carbons (Fsp3) is 0.300. The van der Waals surface area contributed by atoms with E-state index in [1.807, 2.05) is 60.7 Å². The van der Waals surface area contributed by atoms with E-state index < -0.39 is 18.2 Å². The van der Waals surface area contributed by atoms with Gasteiger partial charge in [0.25, 0.3) is 0 Å². The van der Waals surface area contributed by atoms with Crippen LogP contribution in [0.1, 0.15) is 18.1 Å². The highest BCUT2D eigenvalue weighted by Crippen LogP contribution is 2.05. The third-order valence-electron chi connectivity index (χ3n) is 3.77. The first-order valence-corrected chi connectivity index (χ1v) is 8.51. The maximum absolute atomic E-state index is 12.4. The smallest absolute Gasteiger partial charge is 0.408 e. The van der Waals surface area contributed by atoms with Crippen molar-refractivity contribution < 1.29 is 19.4 Å². The van der Waals surface area contributed by atoms with Gasteiger partial charge in [-0.25, -0.2) is 4.79 Å². The van der Waals surface area contributed by atoms with Gasteiger partial charge >= 0.3 is 6.09 Å². The molecule has 1 unspecified atom stereocenters. The van der Waals surface area contributed by atoms with Crippen LogP contribution in [0.2, 0.25) is 0 Å². The molecule has 0 fully saturated rings. The molecule has 0 spiro atoms. The highest BCUT2D eigenvalue weighted by atomic mass is 16.5. The van der Waals surface area contributed by atoms with Crippen molar-refractivity contribution in [2.24, 2.45) is 0 Å². The molecular weight excluding hydrogens is 332 g/mol. The predicted molar refractivity (Wildman–Crippen MR) is 98.4 cm³/mol. The summed E-state index contributed by atoms with van der Waals surface area (Å²) in [5.74, 6) is -0.368. The van der Waals surface area contributed by atoms with Crippen molar-refractivity contribution in [1.82, 2.24) is 10.6 Å². The second-order valence-electron chi connectivity index (χ2n) is 6.04. The summed E-state index contributed by atoms with van der Waals surface area (Å²) in [5.41, 5.74) is 1.77. The van der Waals surface area contributed by atoms with Gasteiger partial charge in [0.15, 0.2) is 0 Å². The van der Waals surface area contributed by atoms with Gasteiger partial charge in [0.2, 0.25) is 5.91 Å². The number of carbonyl (C=O) groups is 2. The topological polar surface area (TPSA) is 87.7 Å². The van der Waals surface area contributed by atoms with Crippen molar-refractivity contribution in [3.8, 4) is 0 Å². The van der Waals surface area contributed by atoms with E-state index in [0.717, 1.165) is 11.1 Å². The number of aliphatic hydroxyl groups excluding tert-OH is 1. The van der Waals surface area contributed by atoms with Gasteiger partial charge in [-0.15, -0.1) is 0 Å². The Hall–Kier alpha value is -2.86. The van der Waals surface area contributed by atoms with Crippen LogP contribution in [0.25, 0.3) is 0 Å². The number of nitrogens with one attached hydrogen (secondary N) is 2. The third-order valence-corrected chi connectivity index (χ3v) is 3.77. The summed E-state index contributed by atoms with van der Waals surface area (Å²) in [5, 5.41) is 14.4. The quantitative estimate of drug-likeness (QED) is 0.675. The number of alkyl carbamates (subject to hydrolysis) is 1. The van der Waals surface area contributed by atoms with Crippen LogP contribution < -0.4 is 10.6 Å². The van der Waals surface area contributed by atoms with Crippen molar-refractivity contribution in [2.45, 2.75) is 32.0 Å². The van der Waals surface area contributed by atoms with Crippen LogP contribution in [0.4, 0.5) is 4.79 Å². The number of amides is 2. The molecule has 0 radical (unpaired) electrons. The normalized spacial score (nSPS) is 12.7. The van der Waals surface area contributed by atoms with E-state index in [1.165, 1.54) is 0 Å². The van der Waals surface area contributed by atoms with E-state index in [2.05, 4.69) is 10.6 Å². The molecule has 0 bridgehead atoms. The summed E-state index contributed by atoms with van der Waals surface area (Å²) >= 11 is 0. The van der Waals surface area contributed by atoms with Crippen LogP contribution in [0.3, 0.4) is 0 Å². The number of hydrogen-bond acceptors (Lipinski definition) is 4. The Kier molecular flexibility index (Phi) is 7.64. The molecule has 26 heavy (non-hydrogen) atoms. The first kappa shape index (κ1) is 19.5. The van der Waals surface area contributed by atoms with Crippen LogP contribution in [0, 0.1) is 0 Å². The fourth-order valence-corrected chi connectivity index (χ4v) is 2.36. The minimum atomic E-state index is -0.797. The molecular formula is C20H24N2O4. The second kappa shape index (κ2) is 10.2. The Morgan fingerprint density at radius 2 is 1.54 bits per heavy atom. The number of ether oxygens (including phenoxy) is 1. The maximum Gasteiger partial charge on any atom is 0.408 e. The molecule has 0 saturated carbocycles. The van der Waals surface area contributed by atoms with Crippen molar-refractivity contribution in [1.29, 1.82) is 0 Å². The molecule has 0 aliphatic heterocycles. The molecule has 0 saturated heterocycles. The number of hydrogen-bond donors (Lipinski definition) is 3. The zero-order valence-electron chi connectivity index (χ0n) is 14.7.